The molecular weight excluding hydrogens is 168 g/mol. The molecule has 0 saturated carbocycles. The Labute approximate surface area is 78.9 Å². The SMILES string of the molecule is CC(C)C(=O)N1CCNC(CO)C1. The number of carbonyl (C=O) groups excluding carboxylic acids is 1. The lowest BCUT2D eigenvalue weighted by molar-refractivity contribution is -0.135. The highest BCUT2D eigenvalue weighted by atomic mass is 16.3. The summed E-state index contributed by atoms with van der Waals surface area (Å²) in [6.45, 7) is 6.07. The van der Waals surface area contributed by atoms with E-state index < -0.39 is 0 Å². The molecule has 1 heterocycles. The fourth-order valence-corrected chi connectivity index (χ4v) is 1.51. The van der Waals surface area contributed by atoms with E-state index in [2.05, 4.69) is 5.32 Å². The van der Waals surface area contributed by atoms with Crippen LogP contribution in [-0.2, 0) is 4.79 Å². The van der Waals surface area contributed by atoms with Crippen molar-refractivity contribution >= 4 is 5.91 Å². The Kier molecular flexibility index (Phi) is 3.69. The Hall–Kier alpha value is -0.610. The second-order valence-electron chi connectivity index (χ2n) is 3.77. The monoisotopic (exact) mass is 186 g/mol. The highest BCUT2D eigenvalue weighted by Gasteiger charge is 2.23. The van der Waals surface area contributed by atoms with Crippen molar-refractivity contribution in [1.29, 1.82) is 0 Å². The lowest BCUT2D eigenvalue weighted by Gasteiger charge is -2.33. The number of hydrogen-bond acceptors (Lipinski definition) is 3. The molecule has 1 amide bonds. The van der Waals surface area contributed by atoms with Crippen molar-refractivity contribution < 1.29 is 9.90 Å². The number of aliphatic hydroxyl groups is 1. The van der Waals surface area contributed by atoms with Gasteiger partial charge in [0.1, 0.15) is 0 Å². The van der Waals surface area contributed by atoms with E-state index >= 15 is 0 Å². The summed E-state index contributed by atoms with van der Waals surface area (Å²) in [6, 6.07) is 0.0523. The molecule has 1 rings (SSSR count). The molecule has 1 unspecified atom stereocenters. The molecule has 1 atom stereocenters. The van der Waals surface area contributed by atoms with Gasteiger partial charge in [0.2, 0.25) is 5.91 Å². The molecule has 1 aliphatic rings. The highest BCUT2D eigenvalue weighted by Crippen LogP contribution is 2.05. The van der Waals surface area contributed by atoms with Crippen molar-refractivity contribution in [2.24, 2.45) is 5.92 Å². The average Bonchev–Trinajstić information content (AvgIpc) is 2.16. The van der Waals surface area contributed by atoms with E-state index in [0.717, 1.165) is 13.1 Å². The van der Waals surface area contributed by atoms with Gasteiger partial charge in [-0.25, -0.2) is 0 Å². The number of amides is 1. The van der Waals surface area contributed by atoms with Gasteiger partial charge in [-0.2, -0.15) is 0 Å². The van der Waals surface area contributed by atoms with Gasteiger partial charge in [-0.15, -0.1) is 0 Å². The summed E-state index contributed by atoms with van der Waals surface area (Å²) in [7, 11) is 0. The summed E-state index contributed by atoms with van der Waals surface area (Å²) >= 11 is 0. The minimum atomic E-state index is 0.0523. The van der Waals surface area contributed by atoms with Crippen LogP contribution in [0.2, 0.25) is 0 Å². The number of hydrogen-bond donors (Lipinski definition) is 2. The fourth-order valence-electron chi connectivity index (χ4n) is 1.51. The Morgan fingerprint density at radius 1 is 1.69 bits per heavy atom. The van der Waals surface area contributed by atoms with E-state index in [1.54, 1.807) is 0 Å². The van der Waals surface area contributed by atoms with Gasteiger partial charge in [0.05, 0.1) is 6.61 Å². The number of nitrogens with one attached hydrogen (secondary N) is 1. The van der Waals surface area contributed by atoms with E-state index in [0.29, 0.717) is 6.54 Å². The van der Waals surface area contributed by atoms with Gasteiger partial charge in [-0.05, 0) is 0 Å². The predicted octanol–water partition coefficient (Wildman–Crippen LogP) is -0.565. The molecule has 1 saturated heterocycles. The first-order chi connectivity index (χ1) is 6.15. The van der Waals surface area contributed by atoms with Crippen LogP contribution in [0.4, 0.5) is 0 Å². The second kappa shape index (κ2) is 4.58. The smallest absolute Gasteiger partial charge is 0.225 e. The largest absolute Gasteiger partial charge is 0.395 e. The van der Waals surface area contributed by atoms with E-state index in [9.17, 15) is 4.79 Å². The summed E-state index contributed by atoms with van der Waals surface area (Å²) in [5.41, 5.74) is 0. The van der Waals surface area contributed by atoms with Gasteiger partial charge in [-0.1, -0.05) is 13.8 Å². The topological polar surface area (TPSA) is 52.6 Å². The molecule has 0 aliphatic carbocycles. The summed E-state index contributed by atoms with van der Waals surface area (Å²) in [5, 5.41) is 12.1. The molecule has 0 radical (unpaired) electrons. The van der Waals surface area contributed by atoms with E-state index in [1.165, 1.54) is 0 Å². The van der Waals surface area contributed by atoms with Crippen LogP contribution in [0.3, 0.4) is 0 Å². The number of aliphatic hydroxyl groups excluding tert-OH is 1. The maximum atomic E-state index is 11.6. The number of nitrogens with zero attached hydrogens (tertiary/aromatic N) is 1. The maximum Gasteiger partial charge on any atom is 0.225 e. The second-order valence-corrected chi connectivity index (χ2v) is 3.77. The number of carbonyl (C=O) groups is 1. The van der Waals surface area contributed by atoms with E-state index in [1.807, 2.05) is 18.7 Å². The molecule has 1 aliphatic heterocycles. The zero-order valence-corrected chi connectivity index (χ0v) is 8.29. The van der Waals surface area contributed by atoms with Crippen LogP contribution < -0.4 is 5.32 Å². The van der Waals surface area contributed by atoms with Gasteiger partial charge in [-0.3, -0.25) is 4.79 Å². The summed E-state index contributed by atoms with van der Waals surface area (Å²) in [5.74, 6) is 0.234. The Morgan fingerprint density at radius 2 is 2.38 bits per heavy atom. The third-order valence-electron chi connectivity index (χ3n) is 2.28. The van der Waals surface area contributed by atoms with Gasteiger partial charge >= 0.3 is 0 Å². The zero-order valence-electron chi connectivity index (χ0n) is 8.29. The molecule has 0 aromatic carbocycles. The van der Waals surface area contributed by atoms with Gasteiger partial charge in [0.15, 0.2) is 0 Å². The maximum absolute atomic E-state index is 11.6. The Balaban J connectivity index is 2.46. The third kappa shape index (κ3) is 2.67. The van der Waals surface area contributed by atoms with Crippen molar-refractivity contribution in [3.63, 3.8) is 0 Å². The third-order valence-corrected chi connectivity index (χ3v) is 2.28. The molecule has 0 aromatic heterocycles. The van der Waals surface area contributed by atoms with Crippen LogP contribution >= 0.6 is 0 Å². The van der Waals surface area contributed by atoms with Crippen LogP contribution in [0.1, 0.15) is 13.8 Å². The lowest BCUT2D eigenvalue weighted by atomic mass is 10.1. The summed E-state index contributed by atoms with van der Waals surface area (Å²) in [6.07, 6.45) is 0. The van der Waals surface area contributed by atoms with Crippen LogP contribution in [0.15, 0.2) is 0 Å². The predicted molar refractivity (Wildman–Crippen MR) is 50.3 cm³/mol. The molecular formula is C9H18N2O2. The Bertz CT molecular complexity index is 182. The van der Waals surface area contributed by atoms with Crippen molar-refractivity contribution in [3.8, 4) is 0 Å². The normalized spacial score (nSPS) is 23.7. The first-order valence-corrected chi connectivity index (χ1v) is 4.78. The van der Waals surface area contributed by atoms with Crippen LogP contribution in [0.25, 0.3) is 0 Å². The minimum absolute atomic E-state index is 0.0523. The molecule has 13 heavy (non-hydrogen) atoms. The van der Waals surface area contributed by atoms with Crippen molar-refractivity contribution in [3.05, 3.63) is 0 Å². The first kappa shape index (κ1) is 10.5. The molecule has 1 fully saturated rings. The van der Waals surface area contributed by atoms with Crippen molar-refractivity contribution in [2.45, 2.75) is 19.9 Å². The number of rotatable bonds is 2. The summed E-state index contributed by atoms with van der Waals surface area (Å²) in [4.78, 5) is 13.4. The van der Waals surface area contributed by atoms with E-state index in [4.69, 9.17) is 5.11 Å². The molecule has 0 aromatic rings. The van der Waals surface area contributed by atoms with Gasteiger partial charge in [0.25, 0.3) is 0 Å². The summed E-state index contributed by atoms with van der Waals surface area (Å²) < 4.78 is 0. The molecule has 0 spiro atoms. The minimum Gasteiger partial charge on any atom is -0.395 e. The standard InChI is InChI=1S/C9H18N2O2/c1-7(2)9(13)11-4-3-10-8(5-11)6-12/h7-8,10,12H,3-6H2,1-2H3. The van der Waals surface area contributed by atoms with Crippen LogP contribution in [0.5, 0.6) is 0 Å². The van der Waals surface area contributed by atoms with Crippen molar-refractivity contribution in [1.82, 2.24) is 10.2 Å². The quantitative estimate of drug-likeness (QED) is 0.607. The molecule has 4 nitrogen and oxygen atoms in total. The molecule has 2 N–H and O–H groups in total. The van der Waals surface area contributed by atoms with Gasteiger partial charge < -0.3 is 15.3 Å². The van der Waals surface area contributed by atoms with Crippen LogP contribution in [-0.4, -0.2) is 48.2 Å². The van der Waals surface area contributed by atoms with Gasteiger partial charge in [0, 0.05) is 31.6 Å². The average molecular weight is 186 g/mol. The molecule has 4 heteroatoms. The van der Waals surface area contributed by atoms with E-state index in [-0.39, 0.29) is 24.5 Å². The molecule has 76 valence electrons. The highest BCUT2D eigenvalue weighted by molar-refractivity contribution is 5.78. The fraction of sp³-hybridized carbons (Fsp3) is 0.889. The zero-order chi connectivity index (χ0) is 9.84. The van der Waals surface area contributed by atoms with Crippen LogP contribution in [0, 0.1) is 5.92 Å². The molecule has 0 bridgehead atoms. The first-order valence-electron chi connectivity index (χ1n) is 4.78. The number of piperazine rings is 1. The lowest BCUT2D eigenvalue weighted by Crippen LogP contribution is -2.54. The van der Waals surface area contributed by atoms with Crippen molar-refractivity contribution in [2.75, 3.05) is 26.2 Å². The Morgan fingerprint density at radius 3 is 2.92 bits per heavy atom.